The Morgan fingerprint density at radius 1 is 1.10 bits per heavy atom. The Hall–Kier alpha value is -2.74. The standard InChI is InChI=1S/C13H11N3O5/c17-6-7-1-2-8-9(5-7)12(20)16(11(8)19)15-4-3-10(18)14-13(15)21/h1-2,5,17H,3-4,6H2,(H,14,18,21). The minimum Gasteiger partial charge on any atom is -0.392 e. The summed E-state index contributed by atoms with van der Waals surface area (Å²) >= 11 is 0. The largest absolute Gasteiger partial charge is 0.392 e. The lowest BCUT2D eigenvalue weighted by Crippen LogP contribution is -2.58. The van der Waals surface area contributed by atoms with Crippen LogP contribution in [0.2, 0.25) is 0 Å². The number of nitrogens with one attached hydrogen (secondary N) is 1. The number of imide groups is 2. The number of urea groups is 1. The van der Waals surface area contributed by atoms with Gasteiger partial charge < -0.3 is 5.11 Å². The van der Waals surface area contributed by atoms with Crippen molar-refractivity contribution in [2.24, 2.45) is 0 Å². The molecule has 3 rings (SSSR count). The molecular weight excluding hydrogens is 278 g/mol. The van der Waals surface area contributed by atoms with E-state index in [-0.39, 0.29) is 30.7 Å². The molecule has 8 heteroatoms. The number of aliphatic hydroxyl groups excluding tert-OH is 1. The van der Waals surface area contributed by atoms with Crippen LogP contribution in [0.3, 0.4) is 0 Å². The lowest BCUT2D eigenvalue weighted by molar-refractivity contribution is -0.122. The maximum Gasteiger partial charge on any atom is 0.343 e. The molecule has 0 aliphatic carbocycles. The first-order chi connectivity index (χ1) is 10.0. The second kappa shape index (κ2) is 4.67. The Labute approximate surface area is 118 Å². The van der Waals surface area contributed by atoms with Crippen LogP contribution in [0, 0.1) is 0 Å². The molecule has 2 heterocycles. The first-order valence-electron chi connectivity index (χ1n) is 6.26. The summed E-state index contributed by atoms with van der Waals surface area (Å²) in [4.78, 5) is 47.5. The number of hydrogen-bond acceptors (Lipinski definition) is 5. The fraction of sp³-hybridized carbons (Fsp3) is 0.231. The SMILES string of the molecule is O=C1CCN(N2C(=O)c3ccc(CO)cc3C2=O)C(=O)N1. The van der Waals surface area contributed by atoms with Crippen LogP contribution >= 0.6 is 0 Å². The van der Waals surface area contributed by atoms with Crippen molar-refractivity contribution in [3.8, 4) is 0 Å². The molecule has 1 aromatic carbocycles. The van der Waals surface area contributed by atoms with Crippen LogP contribution in [0.15, 0.2) is 18.2 Å². The molecule has 108 valence electrons. The van der Waals surface area contributed by atoms with Gasteiger partial charge >= 0.3 is 6.03 Å². The van der Waals surface area contributed by atoms with Crippen LogP contribution in [-0.4, -0.2) is 45.4 Å². The molecule has 1 fully saturated rings. The van der Waals surface area contributed by atoms with Crippen molar-refractivity contribution in [2.45, 2.75) is 13.0 Å². The molecule has 0 atom stereocenters. The molecule has 21 heavy (non-hydrogen) atoms. The van der Waals surface area contributed by atoms with E-state index in [1.54, 1.807) is 0 Å². The van der Waals surface area contributed by atoms with Gasteiger partial charge in [-0.3, -0.25) is 19.7 Å². The number of carbonyl (C=O) groups excluding carboxylic acids is 4. The molecule has 1 saturated heterocycles. The van der Waals surface area contributed by atoms with E-state index in [1.807, 2.05) is 0 Å². The van der Waals surface area contributed by atoms with Crippen LogP contribution in [0.5, 0.6) is 0 Å². The number of rotatable bonds is 2. The molecule has 2 aliphatic heterocycles. The first-order valence-corrected chi connectivity index (χ1v) is 6.26. The monoisotopic (exact) mass is 289 g/mol. The predicted octanol–water partition coefficient (Wildman–Crippen LogP) is -0.368. The first kappa shape index (κ1) is 13.3. The Morgan fingerprint density at radius 2 is 1.81 bits per heavy atom. The Bertz CT molecular complexity index is 684. The molecular formula is C13H11N3O5. The highest BCUT2D eigenvalue weighted by molar-refractivity contribution is 6.22. The smallest absolute Gasteiger partial charge is 0.343 e. The lowest BCUT2D eigenvalue weighted by atomic mass is 10.1. The van der Waals surface area contributed by atoms with E-state index in [0.29, 0.717) is 5.56 Å². The number of fused-ring (bicyclic) bond motifs is 1. The zero-order valence-electron chi connectivity index (χ0n) is 10.8. The number of hydrogen-bond donors (Lipinski definition) is 2. The van der Waals surface area contributed by atoms with E-state index in [0.717, 1.165) is 10.0 Å². The van der Waals surface area contributed by atoms with Crippen molar-refractivity contribution in [1.29, 1.82) is 0 Å². The highest BCUT2D eigenvalue weighted by atomic mass is 16.3. The number of carbonyl (C=O) groups is 4. The van der Waals surface area contributed by atoms with Gasteiger partial charge in [-0.25, -0.2) is 9.80 Å². The van der Waals surface area contributed by atoms with Gasteiger partial charge in [-0.15, -0.1) is 0 Å². The maximum atomic E-state index is 12.3. The summed E-state index contributed by atoms with van der Waals surface area (Å²) < 4.78 is 0. The average Bonchev–Trinajstić information content (AvgIpc) is 2.71. The Balaban J connectivity index is 1.96. The molecule has 5 amide bonds. The van der Waals surface area contributed by atoms with Crippen molar-refractivity contribution in [3.63, 3.8) is 0 Å². The summed E-state index contributed by atoms with van der Waals surface area (Å²) in [5.74, 6) is -1.71. The molecule has 2 N–H and O–H groups in total. The summed E-state index contributed by atoms with van der Waals surface area (Å²) in [7, 11) is 0. The summed E-state index contributed by atoms with van der Waals surface area (Å²) in [6.07, 6.45) is 0.0149. The molecule has 1 aromatic rings. The molecule has 0 saturated carbocycles. The van der Waals surface area contributed by atoms with Crippen LogP contribution in [-0.2, 0) is 11.4 Å². The van der Waals surface area contributed by atoms with Crippen LogP contribution < -0.4 is 5.32 Å². The van der Waals surface area contributed by atoms with Crippen LogP contribution in [0.25, 0.3) is 0 Å². The van der Waals surface area contributed by atoms with Crippen molar-refractivity contribution in [3.05, 3.63) is 34.9 Å². The van der Waals surface area contributed by atoms with Crippen LogP contribution in [0.1, 0.15) is 32.7 Å². The van der Waals surface area contributed by atoms with Crippen molar-refractivity contribution >= 4 is 23.8 Å². The molecule has 0 aromatic heterocycles. The number of hydrazine groups is 1. The number of nitrogens with zero attached hydrogens (tertiary/aromatic N) is 2. The molecule has 0 unspecified atom stereocenters. The molecule has 0 bridgehead atoms. The van der Waals surface area contributed by atoms with Crippen molar-refractivity contribution < 1.29 is 24.3 Å². The van der Waals surface area contributed by atoms with Gasteiger partial charge in [0.1, 0.15) is 0 Å². The highest BCUT2D eigenvalue weighted by Crippen LogP contribution is 2.26. The van der Waals surface area contributed by atoms with E-state index in [1.165, 1.54) is 18.2 Å². The van der Waals surface area contributed by atoms with Gasteiger partial charge in [0.05, 0.1) is 24.3 Å². The third kappa shape index (κ3) is 1.96. The van der Waals surface area contributed by atoms with Gasteiger partial charge in [-0.1, -0.05) is 6.07 Å². The zero-order valence-corrected chi connectivity index (χ0v) is 10.8. The fourth-order valence-electron chi connectivity index (χ4n) is 2.34. The third-order valence-electron chi connectivity index (χ3n) is 3.38. The number of amides is 5. The predicted molar refractivity (Wildman–Crippen MR) is 67.7 cm³/mol. The summed E-state index contributed by atoms with van der Waals surface area (Å²) in [6.45, 7) is -0.295. The van der Waals surface area contributed by atoms with Crippen molar-refractivity contribution in [2.75, 3.05) is 6.54 Å². The Kier molecular flexibility index (Phi) is 2.95. The number of benzene rings is 1. The summed E-state index contributed by atoms with van der Waals surface area (Å²) in [5.41, 5.74) is 0.799. The van der Waals surface area contributed by atoms with Gasteiger partial charge in [0.2, 0.25) is 5.91 Å². The normalized spacial score (nSPS) is 18.1. The number of aliphatic hydroxyl groups is 1. The van der Waals surface area contributed by atoms with Gasteiger partial charge in [0, 0.05) is 6.42 Å². The molecule has 0 spiro atoms. The summed E-state index contributed by atoms with van der Waals surface area (Å²) in [6, 6.07) is 3.59. The quantitative estimate of drug-likeness (QED) is 0.722. The molecule has 0 radical (unpaired) electrons. The highest BCUT2D eigenvalue weighted by Gasteiger charge is 2.43. The minimum absolute atomic E-state index is 0.0149. The zero-order chi connectivity index (χ0) is 15.1. The van der Waals surface area contributed by atoms with Gasteiger partial charge in [-0.2, -0.15) is 5.01 Å². The lowest BCUT2D eigenvalue weighted by Gasteiger charge is -2.32. The van der Waals surface area contributed by atoms with E-state index in [9.17, 15) is 19.2 Å². The van der Waals surface area contributed by atoms with Gasteiger partial charge in [0.25, 0.3) is 11.8 Å². The van der Waals surface area contributed by atoms with E-state index < -0.39 is 23.8 Å². The fourth-order valence-corrected chi connectivity index (χ4v) is 2.34. The second-order valence-electron chi connectivity index (χ2n) is 4.69. The second-order valence-corrected chi connectivity index (χ2v) is 4.69. The van der Waals surface area contributed by atoms with Crippen LogP contribution in [0.4, 0.5) is 4.79 Å². The van der Waals surface area contributed by atoms with E-state index >= 15 is 0 Å². The Morgan fingerprint density at radius 3 is 2.48 bits per heavy atom. The summed E-state index contributed by atoms with van der Waals surface area (Å²) in [5, 5.41) is 12.8. The minimum atomic E-state index is -0.803. The van der Waals surface area contributed by atoms with E-state index in [2.05, 4.69) is 5.32 Å². The van der Waals surface area contributed by atoms with E-state index in [4.69, 9.17) is 5.11 Å². The van der Waals surface area contributed by atoms with Gasteiger partial charge in [-0.05, 0) is 17.7 Å². The molecule has 2 aliphatic rings. The third-order valence-corrected chi connectivity index (χ3v) is 3.38. The maximum absolute atomic E-state index is 12.3. The van der Waals surface area contributed by atoms with Gasteiger partial charge in [0.15, 0.2) is 0 Å². The topological polar surface area (TPSA) is 107 Å². The molecule has 8 nitrogen and oxygen atoms in total. The average molecular weight is 289 g/mol. The van der Waals surface area contributed by atoms with Crippen molar-refractivity contribution in [1.82, 2.24) is 15.3 Å².